The molecule has 0 aliphatic heterocycles. The van der Waals surface area contributed by atoms with Crippen LogP contribution in [0.5, 0.6) is 5.75 Å². The van der Waals surface area contributed by atoms with E-state index in [0.29, 0.717) is 25.5 Å². The zero-order valence-corrected chi connectivity index (χ0v) is 12.3. The van der Waals surface area contributed by atoms with E-state index in [4.69, 9.17) is 9.47 Å². The SMILES string of the molecule is COCCCOc1cc(F)cc(CNC(C)(C)C)c1. The molecule has 3 nitrogen and oxygen atoms in total. The van der Waals surface area contributed by atoms with Crippen molar-refractivity contribution in [3.8, 4) is 5.75 Å². The lowest BCUT2D eigenvalue weighted by Gasteiger charge is -2.20. The van der Waals surface area contributed by atoms with Crippen LogP contribution in [0, 0.1) is 5.82 Å². The predicted octanol–water partition coefficient (Wildman–Crippen LogP) is 3.13. The summed E-state index contributed by atoms with van der Waals surface area (Å²) < 4.78 is 23.9. The van der Waals surface area contributed by atoms with E-state index < -0.39 is 0 Å². The third-order valence-electron chi connectivity index (χ3n) is 2.52. The first-order valence-electron chi connectivity index (χ1n) is 6.57. The van der Waals surface area contributed by atoms with Gasteiger partial charge in [-0.05, 0) is 38.5 Å². The zero-order chi connectivity index (χ0) is 14.3. The van der Waals surface area contributed by atoms with Gasteiger partial charge >= 0.3 is 0 Å². The van der Waals surface area contributed by atoms with Crippen LogP contribution in [-0.2, 0) is 11.3 Å². The van der Waals surface area contributed by atoms with E-state index in [-0.39, 0.29) is 11.4 Å². The Balaban J connectivity index is 2.56. The van der Waals surface area contributed by atoms with E-state index in [1.807, 2.05) is 6.07 Å². The molecule has 0 amide bonds. The second-order valence-corrected chi connectivity index (χ2v) is 5.59. The normalized spacial score (nSPS) is 11.6. The largest absolute Gasteiger partial charge is 0.493 e. The van der Waals surface area contributed by atoms with E-state index in [1.54, 1.807) is 7.11 Å². The first-order chi connectivity index (χ1) is 8.90. The molecule has 0 fully saturated rings. The fourth-order valence-corrected chi connectivity index (χ4v) is 1.57. The quantitative estimate of drug-likeness (QED) is 0.771. The lowest BCUT2D eigenvalue weighted by atomic mass is 10.1. The van der Waals surface area contributed by atoms with Gasteiger partial charge in [-0.25, -0.2) is 4.39 Å². The first kappa shape index (κ1) is 15.9. The Morgan fingerprint density at radius 3 is 2.53 bits per heavy atom. The molecular formula is C15H24FNO2. The van der Waals surface area contributed by atoms with Crippen LogP contribution < -0.4 is 10.1 Å². The number of halogens is 1. The number of ether oxygens (including phenoxy) is 2. The van der Waals surface area contributed by atoms with Crippen molar-refractivity contribution in [2.75, 3.05) is 20.3 Å². The Morgan fingerprint density at radius 1 is 1.16 bits per heavy atom. The summed E-state index contributed by atoms with van der Waals surface area (Å²) in [5, 5.41) is 3.33. The number of hydrogen-bond donors (Lipinski definition) is 1. The van der Waals surface area contributed by atoms with E-state index in [1.165, 1.54) is 12.1 Å². The maximum Gasteiger partial charge on any atom is 0.127 e. The highest BCUT2D eigenvalue weighted by atomic mass is 19.1. The van der Waals surface area contributed by atoms with Gasteiger partial charge in [0.25, 0.3) is 0 Å². The van der Waals surface area contributed by atoms with Crippen LogP contribution in [-0.4, -0.2) is 25.9 Å². The Labute approximate surface area is 115 Å². The molecular weight excluding hydrogens is 245 g/mol. The van der Waals surface area contributed by atoms with Crippen LogP contribution in [0.3, 0.4) is 0 Å². The zero-order valence-electron chi connectivity index (χ0n) is 12.3. The lowest BCUT2D eigenvalue weighted by Crippen LogP contribution is -2.35. The summed E-state index contributed by atoms with van der Waals surface area (Å²) >= 11 is 0. The number of rotatable bonds is 7. The van der Waals surface area contributed by atoms with Crippen molar-refractivity contribution in [1.82, 2.24) is 5.32 Å². The third kappa shape index (κ3) is 7.13. The molecule has 0 bridgehead atoms. The molecule has 0 aromatic heterocycles. The minimum absolute atomic E-state index is 0.00576. The van der Waals surface area contributed by atoms with Crippen molar-refractivity contribution in [3.05, 3.63) is 29.6 Å². The molecule has 0 spiro atoms. The second-order valence-electron chi connectivity index (χ2n) is 5.59. The molecule has 0 saturated heterocycles. The molecule has 0 aliphatic carbocycles. The minimum Gasteiger partial charge on any atom is -0.493 e. The second kappa shape index (κ2) is 7.46. The molecule has 0 heterocycles. The standard InChI is InChI=1S/C15H24FNO2/c1-15(2,3)17-11-12-8-13(16)10-14(9-12)19-7-5-6-18-4/h8-10,17H,5-7,11H2,1-4H3. The van der Waals surface area contributed by atoms with Gasteiger partial charge in [0.15, 0.2) is 0 Å². The Morgan fingerprint density at radius 2 is 1.89 bits per heavy atom. The molecule has 1 rings (SSSR count). The van der Waals surface area contributed by atoms with Crippen LogP contribution in [0.25, 0.3) is 0 Å². The minimum atomic E-state index is -0.269. The van der Waals surface area contributed by atoms with Crippen molar-refractivity contribution < 1.29 is 13.9 Å². The number of benzene rings is 1. The highest BCUT2D eigenvalue weighted by molar-refractivity contribution is 5.29. The third-order valence-corrected chi connectivity index (χ3v) is 2.52. The molecule has 4 heteroatoms. The van der Waals surface area contributed by atoms with Crippen molar-refractivity contribution in [2.24, 2.45) is 0 Å². The number of nitrogens with one attached hydrogen (secondary N) is 1. The fourth-order valence-electron chi connectivity index (χ4n) is 1.57. The summed E-state index contributed by atoms with van der Waals surface area (Å²) in [6.07, 6.45) is 0.794. The number of methoxy groups -OCH3 is 1. The summed E-state index contributed by atoms with van der Waals surface area (Å²) in [4.78, 5) is 0. The molecule has 1 aromatic rings. The molecule has 19 heavy (non-hydrogen) atoms. The molecule has 0 saturated carbocycles. The molecule has 108 valence electrons. The van der Waals surface area contributed by atoms with Crippen molar-refractivity contribution in [3.63, 3.8) is 0 Å². The van der Waals surface area contributed by atoms with Crippen LogP contribution in [0.4, 0.5) is 4.39 Å². The van der Waals surface area contributed by atoms with Crippen molar-refractivity contribution in [2.45, 2.75) is 39.3 Å². The number of hydrogen-bond acceptors (Lipinski definition) is 3. The molecule has 1 N–H and O–H groups in total. The van der Waals surface area contributed by atoms with Gasteiger partial charge in [-0.1, -0.05) is 0 Å². The topological polar surface area (TPSA) is 30.5 Å². The summed E-state index contributed by atoms with van der Waals surface area (Å²) in [6.45, 7) is 8.03. The first-order valence-corrected chi connectivity index (χ1v) is 6.57. The van der Waals surface area contributed by atoms with Gasteiger partial charge < -0.3 is 14.8 Å². The predicted molar refractivity (Wildman–Crippen MR) is 75.0 cm³/mol. The summed E-state index contributed by atoms with van der Waals surface area (Å²) in [5.74, 6) is 0.303. The van der Waals surface area contributed by atoms with Crippen LogP contribution in [0.2, 0.25) is 0 Å². The average molecular weight is 269 g/mol. The Kier molecular flexibility index (Phi) is 6.25. The van der Waals surface area contributed by atoms with Gasteiger partial charge in [0.05, 0.1) is 6.61 Å². The molecule has 1 aromatic carbocycles. The van der Waals surface area contributed by atoms with Gasteiger partial charge in [-0.15, -0.1) is 0 Å². The highest BCUT2D eigenvalue weighted by Crippen LogP contribution is 2.17. The highest BCUT2D eigenvalue weighted by Gasteiger charge is 2.09. The van der Waals surface area contributed by atoms with Gasteiger partial charge in [0, 0.05) is 38.3 Å². The Hall–Kier alpha value is -1.13. The summed E-state index contributed by atoms with van der Waals surface area (Å²) in [7, 11) is 1.65. The average Bonchev–Trinajstić information content (AvgIpc) is 2.31. The van der Waals surface area contributed by atoms with E-state index in [2.05, 4.69) is 26.1 Å². The van der Waals surface area contributed by atoms with Crippen molar-refractivity contribution in [1.29, 1.82) is 0 Å². The van der Waals surface area contributed by atoms with Gasteiger partial charge in [-0.3, -0.25) is 0 Å². The van der Waals surface area contributed by atoms with E-state index in [0.717, 1.165) is 12.0 Å². The van der Waals surface area contributed by atoms with Crippen LogP contribution in [0.15, 0.2) is 18.2 Å². The maximum absolute atomic E-state index is 13.5. The summed E-state index contributed by atoms with van der Waals surface area (Å²) in [6, 6.07) is 4.81. The smallest absolute Gasteiger partial charge is 0.127 e. The monoisotopic (exact) mass is 269 g/mol. The molecule has 0 aliphatic rings. The fraction of sp³-hybridized carbons (Fsp3) is 0.600. The van der Waals surface area contributed by atoms with Gasteiger partial charge in [-0.2, -0.15) is 0 Å². The van der Waals surface area contributed by atoms with Crippen LogP contribution in [0.1, 0.15) is 32.8 Å². The van der Waals surface area contributed by atoms with Gasteiger partial charge in [0.1, 0.15) is 11.6 Å². The Bertz CT molecular complexity index is 388. The van der Waals surface area contributed by atoms with Gasteiger partial charge in [0.2, 0.25) is 0 Å². The molecule has 0 unspecified atom stereocenters. The van der Waals surface area contributed by atoms with E-state index >= 15 is 0 Å². The summed E-state index contributed by atoms with van der Waals surface area (Å²) in [5.41, 5.74) is 0.892. The molecule has 0 atom stereocenters. The van der Waals surface area contributed by atoms with Crippen LogP contribution >= 0.6 is 0 Å². The maximum atomic E-state index is 13.5. The van der Waals surface area contributed by atoms with E-state index in [9.17, 15) is 4.39 Å². The molecule has 0 radical (unpaired) electrons. The van der Waals surface area contributed by atoms with Crippen molar-refractivity contribution >= 4 is 0 Å². The lowest BCUT2D eigenvalue weighted by molar-refractivity contribution is 0.172.